The molecule has 1 heterocycles. The van der Waals surface area contributed by atoms with Gasteiger partial charge in [-0.15, -0.1) is 0 Å². The van der Waals surface area contributed by atoms with E-state index in [1.165, 1.54) is 12.3 Å². The SMILES string of the molecule is O=C(N[C@H]1C[C@H](F)C1)c1ccon1. The van der Waals surface area contributed by atoms with Crippen LogP contribution >= 0.6 is 0 Å². The van der Waals surface area contributed by atoms with Crippen molar-refractivity contribution in [3.8, 4) is 0 Å². The van der Waals surface area contributed by atoms with Crippen LogP contribution in [-0.2, 0) is 0 Å². The van der Waals surface area contributed by atoms with E-state index < -0.39 is 6.17 Å². The Morgan fingerprint density at radius 2 is 2.46 bits per heavy atom. The predicted octanol–water partition coefficient (Wildman–Crippen LogP) is 0.905. The number of hydrogen-bond donors (Lipinski definition) is 1. The van der Waals surface area contributed by atoms with E-state index in [-0.39, 0.29) is 17.6 Å². The molecule has 0 aliphatic heterocycles. The molecule has 1 saturated carbocycles. The molecule has 1 aliphatic rings. The second kappa shape index (κ2) is 3.16. The second-order valence-corrected chi connectivity index (χ2v) is 3.12. The van der Waals surface area contributed by atoms with Gasteiger partial charge in [-0.1, -0.05) is 5.16 Å². The maximum absolute atomic E-state index is 12.4. The standard InChI is InChI=1S/C8H9FN2O2/c9-5-3-6(4-5)10-8(12)7-1-2-13-11-7/h1-2,5-6H,3-4H2,(H,10,12)/t5-,6-. The summed E-state index contributed by atoms with van der Waals surface area (Å²) in [6.45, 7) is 0. The lowest BCUT2D eigenvalue weighted by Crippen LogP contribution is -2.45. The van der Waals surface area contributed by atoms with E-state index >= 15 is 0 Å². The van der Waals surface area contributed by atoms with Crippen LogP contribution in [0.25, 0.3) is 0 Å². The number of hydrogen-bond acceptors (Lipinski definition) is 3. The van der Waals surface area contributed by atoms with Gasteiger partial charge in [0.05, 0.1) is 0 Å². The Bertz CT molecular complexity index is 293. The lowest BCUT2D eigenvalue weighted by atomic mass is 9.91. The van der Waals surface area contributed by atoms with E-state index in [0.717, 1.165) is 0 Å². The number of nitrogens with one attached hydrogen (secondary N) is 1. The summed E-state index contributed by atoms with van der Waals surface area (Å²) in [6, 6.07) is 1.43. The minimum atomic E-state index is -0.761. The zero-order valence-electron chi connectivity index (χ0n) is 6.87. The number of rotatable bonds is 2. The van der Waals surface area contributed by atoms with Crippen LogP contribution in [0.15, 0.2) is 16.9 Å². The lowest BCUT2D eigenvalue weighted by molar-refractivity contribution is 0.0851. The van der Waals surface area contributed by atoms with Gasteiger partial charge >= 0.3 is 0 Å². The summed E-state index contributed by atoms with van der Waals surface area (Å²) in [5, 5.41) is 6.11. The van der Waals surface area contributed by atoms with Gasteiger partial charge in [-0.2, -0.15) is 0 Å². The summed E-state index contributed by atoms with van der Waals surface area (Å²) in [7, 11) is 0. The largest absolute Gasteiger partial charge is 0.364 e. The van der Waals surface area contributed by atoms with Gasteiger partial charge in [-0.25, -0.2) is 4.39 Å². The van der Waals surface area contributed by atoms with E-state index in [0.29, 0.717) is 12.8 Å². The smallest absolute Gasteiger partial charge is 0.273 e. The molecule has 0 aromatic carbocycles. The molecular weight excluding hydrogens is 175 g/mol. The van der Waals surface area contributed by atoms with E-state index in [4.69, 9.17) is 0 Å². The van der Waals surface area contributed by atoms with Crippen LogP contribution in [0.3, 0.4) is 0 Å². The number of halogens is 1. The van der Waals surface area contributed by atoms with Crippen molar-refractivity contribution in [2.24, 2.45) is 0 Å². The van der Waals surface area contributed by atoms with Gasteiger partial charge in [-0.3, -0.25) is 4.79 Å². The lowest BCUT2D eigenvalue weighted by Gasteiger charge is -2.29. The zero-order chi connectivity index (χ0) is 9.26. The molecule has 0 saturated heterocycles. The minimum absolute atomic E-state index is 0.0424. The van der Waals surface area contributed by atoms with Crippen molar-refractivity contribution < 1.29 is 13.7 Å². The Morgan fingerprint density at radius 3 is 3.00 bits per heavy atom. The topological polar surface area (TPSA) is 55.1 Å². The summed E-state index contributed by atoms with van der Waals surface area (Å²) in [5.74, 6) is -0.300. The third-order valence-electron chi connectivity index (χ3n) is 2.09. The van der Waals surface area contributed by atoms with E-state index in [1.807, 2.05) is 0 Å². The molecule has 2 rings (SSSR count). The summed E-state index contributed by atoms with van der Waals surface area (Å²) in [5.41, 5.74) is 0.238. The monoisotopic (exact) mass is 184 g/mol. The first-order chi connectivity index (χ1) is 6.25. The van der Waals surface area contributed by atoms with Gasteiger partial charge in [0.1, 0.15) is 12.4 Å². The molecule has 1 N–H and O–H groups in total. The molecule has 5 heteroatoms. The number of amides is 1. The van der Waals surface area contributed by atoms with Crippen LogP contribution in [0.4, 0.5) is 4.39 Å². The first kappa shape index (κ1) is 8.22. The number of carbonyl (C=O) groups is 1. The zero-order valence-corrected chi connectivity index (χ0v) is 6.87. The third-order valence-corrected chi connectivity index (χ3v) is 2.09. The van der Waals surface area contributed by atoms with Crippen LogP contribution in [0.1, 0.15) is 23.3 Å². The van der Waals surface area contributed by atoms with Crippen molar-refractivity contribution in [3.63, 3.8) is 0 Å². The fourth-order valence-corrected chi connectivity index (χ4v) is 1.26. The molecule has 1 aliphatic carbocycles. The van der Waals surface area contributed by atoms with Crippen molar-refractivity contribution in [2.75, 3.05) is 0 Å². The number of aromatic nitrogens is 1. The Labute approximate surface area is 74.1 Å². The van der Waals surface area contributed by atoms with E-state index in [2.05, 4.69) is 15.0 Å². The molecule has 70 valence electrons. The number of alkyl halides is 1. The van der Waals surface area contributed by atoms with Gasteiger partial charge in [0.2, 0.25) is 0 Å². The van der Waals surface area contributed by atoms with Gasteiger partial charge < -0.3 is 9.84 Å². The molecule has 13 heavy (non-hydrogen) atoms. The summed E-state index contributed by atoms with van der Waals surface area (Å²) in [4.78, 5) is 11.3. The first-order valence-electron chi connectivity index (χ1n) is 4.11. The van der Waals surface area contributed by atoms with Crippen molar-refractivity contribution in [3.05, 3.63) is 18.0 Å². The summed E-state index contributed by atoms with van der Waals surface area (Å²) < 4.78 is 16.9. The highest BCUT2D eigenvalue weighted by atomic mass is 19.1. The average Bonchev–Trinajstić information content (AvgIpc) is 2.53. The summed E-state index contributed by atoms with van der Waals surface area (Å²) in [6.07, 6.45) is 1.38. The normalized spacial score (nSPS) is 26.5. The van der Waals surface area contributed by atoms with Crippen molar-refractivity contribution in [2.45, 2.75) is 25.1 Å². The fraction of sp³-hybridized carbons (Fsp3) is 0.500. The highest BCUT2D eigenvalue weighted by Gasteiger charge is 2.30. The third kappa shape index (κ3) is 1.68. The Balaban J connectivity index is 1.86. The Hall–Kier alpha value is -1.39. The fourth-order valence-electron chi connectivity index (χ4n) is 1.26. The van der Waals surface area contributed by atoms with Crippen LogP contribution in [-0.4, -0.2) is 23.3 Å². The van der Waals surface area contributed by atoms with Gasteiger partial charge in [0.25, 0.3) is 5.91 Å². The minimum Gasteiger partial charge on any atom is -0.364 e. The second-order valence-electron chi connectivity index (χ2n) is 3.12. The highest BCUT2D eigenvalue weighted by molar-refractivity contribution is 5.92. The van der Waals surface area contributed by atoms with Crippen molar-refractivity contribution >= 4 is 5.91 Å². The van der Waals surface area contributed by atoms with E-state index in [1.54, 1.807) is 0 Å². The molecule has 1 aromatic rings. The summed E-state index contributed by atoms with van der Waals surface area (Å²) >= 11 is 0. The maximum atomic E-state index is 12.4. The van der Waals surface area contributed by atoms with Crippen LogP contribution in [0, 0.1) is 0 Å². The average molecular weight is 184 g/mol. The molecule has 0 atom stereocenters. The molecular formula is C8H9FN2O2. The van der Waals surface area contributed by atoms with Crippen LogP contribution < -0.4 is 5.32 Å². The molecule has 0 unspecified atom stereocenters. The highest BCUT2D eigenvalue weighted by Crippen LogP contribution is 2.23. The van der Waals surface area contributed by atoms with Gasteiger partial charge in [-0.05, 0) is 12.8 Å². The first-order valence-corrected chi connectivity index (χ1v) is 4.11. The Kier molecular flexibility index (Phi) is 2.00. The van der Waals surface area contributed by atoms with Gasteiger partial charge in [0, 0.05) is 12.1 Å². The molecule has 0 radical (unpaired) electrons. The van der Waals surface area contributed by atoms with E-state index in [9.17, 15) is 9.18 Å². The maximum Gasteiger partial charge on any atom is 0.273 e. The molecule has 4 nitrogen and oxygen atoms in total. The van der Waals surface area contributed by atoms with Crippen LogP contribution in [0.2, 0.25) is 0 Å². The molecule has 0 bridgehead atoms. The quantitative estimate of drug-likeness (QED) is 0.743. The van der Waals surface area contributed by atoms with Gasteiger partial charge in [0.15, 0.2) is 5.69 Å². The predicted molar refractivity (Wildman–Crippen MR) is 41.9 cm³/mol. The van der Waals surface area contributed by atoms with Crippen LogP contribution in [0.5, 0.6) is 0 Å². The Morgan fingerprint density at radius 1 is 1.69 bits per heavy atom. The number of carbonyl (C=O) groups excluding carboxylic acids is 1. The molecule has 0 spiro atoms. The van der Waals surface area contributed by atoms with Crippen molar-refractivity contribution in [1.82, 2.24) is 10.5 Å². The molecule has 1 amide bonds. The molecule has 1 aromatic heterocycles. The molecule has 1 fully saturated rings. The van der Waals surface area contributed by atoms with Crippen molar-refractivity contribution in [1.29, 1.82) is 0 Å². The number of nitrogens with zero attached hydrogens (tertiary/aromatic N) is 1.